The summed E-state index contributed by atoms with van der Waals surface area (Å²) in [6, 6.07) is 11.2. The maximum Gasteiger partial charge on any atom is 0.255 e. The quantitative estimate of drug-likeness (QED) is 0.521. The molecule has 1 heterocycles. The SMILES string of the molecule is C=C(NC(=O)c1ccc(OC(C)C)c(N)c1)c1cccc2c1CC[C@@H]2NCC(=O)N1CCCC1. The van der Waals surface area contributed by atoms with Crippen LogP contribution in [0.25, 0.3) is 5.70 Å². The molecule has 7 nitrogen and oxygen atoms in total. The van der Waals surface area contributed by atoms with E-state index in [1.54, 1.807) is 18.2 Å². The second kappa shape index (κ2) is 10.3. The van der Waals surface area contributed by atoms with E-state index in [1.165, 1.54) is 11.1 Å². The van der Waals surface area contributed by atoms with Crippen LogP contribution in [0.15, 0.2) is 43.0 Å². The molecule has 0 radical (unpaired) electrons. The van der Waals surface area contributed by atoms with Crippen LogP contribution >= 0.6 is 0 Å². The first-order valence-electron chi connectivity index (χ1n) is 12.0. The predicted molar refractivity (Wildman–Crippen MR) is 134 cm³/mol. The van der Waals surface area contributed by atoms with Gasteiger partial charge in [-0.25, -0.2) is 0 Å². The van der Waals surface area contributed by atoms with E-state index in [0.717, 1.165) is 44.3 Å². The van der Waals surface area contributed by atoms with Crippen LogP contribution in [0, 0.1) is 0 Å². The van der Waals surface area contributed by atoms with E-state index in [0.29, 0.717) is 29.2 Å². The van der Waals surface area contributed by atoms with Crippen molar-refractivity contribution in [1.82, 2.24) is 15.5 Å². The van der Waals surface area contributed by atoms with Gasteiger partial charge in [-0.1, -0.05) is 24.8 Å². The first kappa shape index (κ1) is 23.8. The third kappa shape index (κ3) is 5.25. The monoisotopic (exact) mass is 462 g/mol. The molecule has 2 aliphatic rings. The lowest BCUT2D eigenvalue weighted by Gasteiger charge is -2.19. The van der Waals surface area contributed by atoms with E-state index in [1.807, 2.05) is 30.9 Å². The van der Waals surface area contributed by atoms with Gasteiger partial charge in [0.1, 0.15) is 5.75 Å². The lowest BCUT2D eigenvalue weighted by atomic mass is 10.00. The summed E-state index contributed by atoms with van der Waals surface area (Å²) in [6.07, 6.45) is 3.97. The van der Waals surface area contributed by atoms with Gasteiger partial charge in [-0.2, -0.15) is 0 Å². The van der Waals surface area contributed by atoms with Crippen LogP contribution in [0.4, 0.5) is 5.69 Å². The van der Waals surface area contributed by atoms with Gasteiger partial charge < -0.3 is 26.0 Å². The van der Waals surface area contributed by atoms with Crippen molar-refractivity contribution in [2.24, 2.45) is 0 Å². The third-order valence-electron chi connectivity index (χ3n) is 6.45. The number of amides is 2. The lowest BCUT2D eigenvalue weighted by Crippen LogP contribution is -2.37. The molecule has 0 aromatic heterocycles. The highest BCUT2D eigenvalue weighted by atomic mass is 16.5. The molecule has 2 amide bonds. The summed E-state index contributed by atoms with van der Waals surface area (Å²) in [5.74, 6) is 0.463. The Kier molecular flexibility index (Phi) is 7.22. The maximum absolute atomic E-state index is 12.9. The molecule has 0 saturated carbocycles. The standard InChI is InChI=1S/C27H34N4O3/c1-17(2)34-25-12-9-19(15-23(25)28)27(33)30-18(3)20-7-6-8-22-21(20)10-11-24(22)29-16-26(32)31-13-4-5-14-31/h6-9,12,15,17,24,29H,3-5,10-11,13-14,16,28H2,1-2H3,(H,30,33)/t24-/m0/s1. The van der Waals surface area contributed by atoms with Crippen LogP contribution in [-0.2, 0) is 11.2 Å². The Hall–Kier alpha value is -3.32. The molecule has 180 valence electrons. The van der Waals surface area contributed by atoms with Gasteiger partial charge in [0.25, 0.3) is 5.91 Å². The first-order chi connectivity index (χ1) is 16.3. The van der Waals surface area contributed by atoms with E-state index < -0.39 is 0 Å². The molecular weight excluding hydrogens is 428 g/mol. The van der Waals surface area contributed by atoms with Gasteiger partial charge >= 0.3 is 0 Å². The zero-order chi connectivity index (χ0) is 24.2. The molecule has 2 aromatic carbocycles. The van der Waals surface area contributed by atoms with Gasteiger partial charge in [0, 0.05) is 36.0 Å². The number of carbonyl (C=O) groups is 2. The number of nitrogens with one attached hydrogen (secondary N) is 2. The normalized spacial score (nSPS) is 17.0. The van der Waals surface area contributed by atoms with Gasteiger partial charge in [0.15, 0.2) is 0 Å². The Labute approximate surface area is 201 Å². The molecule has 0 bridgehead atoms. The van der Waals surface area contributed by atoms with Crippen molar-refractivity contribution < 1.29 is 14.3 Å². The summed E-state index contributed by atoms with van der Waals surface area (Å²) in [5.41, 5.74) is 10.7. The minimum Gasteiger partial charge on any atom is -0.489 e. The number of hydrogen-bond donors (Lipinski definition) is 3. The zero-order valence-electron chi connectivity index (χ0n) is 20.0. The highest BCUT2D eigenvalue weighted by molar-refractivity contribution is 6.00. The Bertz CT molecular complexity index is 1090. The second-order valence-electron chi connectivity index (χ2n) is 9.29. The molecule has 1 atom stereocenters. The van der Waals surface area contributed by atoms with Crippen LogP contribution in [0.1, 0.15) is 66.2 Å². The number of anilines is 1. The highest BCUT2D eigenvalue weighted by Crippen LogP contribution is 2.35. The van der Waals surface area contributed by atoms with Gasteiger partial charge in [-0.15, -0.1) is 0 Å². The number of nitrogens with two attached hydrogens (primary N) is 1. The van der Waals surface area contributed by atoms with Crippen molar-refractivity contribution in [2.75, 3.05) is 25.4 Å². The van der Waals surface area contributed by atoms with E-state index in [4.69, 9.17) is 10.5 Å². The number of ether oxygens (including phenoxy) is 1. The zero-order valence-corrected chi connectivity index (χ0v) is 20.0. The minimum atomic E-state index is -0.269. The number of carbonyl (C=O) groups excluding carboxylic acids is 2. The Balaban J connectivity index is 1.41. The first-order valence-corrected chi connectivity index (χ1v) is 12.0. The largest absolute Gasteiger partial charge is 0.489 e. The van der Waals surface area contributed by atoms with Gasteiger partial charge in [-0.3, -0.25) is 9.59 Å². The molecule has 4 N–H and O–H groups in total. The maximum atomic E-state index is 12.9. The molecule has 34 heavy (non-hydrogen) atoms. The molecule has 1 saturated heterocycles. The van der Waals surface area contributed by atoms with Crippen molar-refractivity contribution in [3.05, 3.63) is 65.2 Å². The number of likely N-dealkylation sites (tertiary alicyclic amines) is 1. The average molecular weight is 463 g/mol. The summed E-state index contributed by atoms with van der Waals surface area (Å²) in [4.78, 5) is 27.2. The highest BCUT2D eigenvalue weighted by Gasteiger charge is 2.27. The molecular formula is C27H34N4O3. The van der Waals surface area contributed by atoms with Gasteiger partial charge in [0.05, 0.1) is 18.3 Å². The summed E-state index contributed by atoms with van der Waals surface area (Å²) in [6.45, 7) is 10.1. The van der Waals surface area contributed by atoms with Crippen LogP contribution < -0.4 is 21.1 Å². The molecule has 4 rings (SSSR count). The fraction of sp³-hybridized carbons (Fsp3) is 0.407. The van der Waals surface area contributed by atoms with E-state index >= 15 is 0 Å². The van der Waals surface area contributed by atoms with Gasteiger partial charge in [0.2, 0.25) is 5.91 Å². The fourth-order valence-corrected chi connectivity index (χ4v) is 4.77. The van der Waals surface area contributed by atoms with Crippen molar-refractivity contribution in [3.8, 4) is 5.75 Å². The predicted octanol–water partition coefficient (Wildman–Crippen LogP) is 3.66. The summed E-state index contributed by atoms with van der Waals surface area (Å²) in [7, 11) is 0. The number of rotatable bonds is 8. The molecule has 1 fully saturated rings. The number of benzene rings is 2. The minimum absolute atomic E-state index is 0.00131. The summed E-state index contributed by atoms with van der Waals surface area (Å²) < 4.78 is 5.65. The van der Waals surface area contributed by atoms with Gasteiger partial charge in [-0.05, 0) is 68.9 Å². The molecule has 1 aliphatic heterocycles. The van der Waals surface area contributed by atoms with Crippen molar-refractivity contribution >= 4 is 23.2 Å². The van der Waals surface area contributed by atoms with Crippen LogP contribution in [0.5, 0.6) is 5.75 Å². The average Bonchev–Trinajstić information content (AvgIpc) is 3.48. The van der Waals surface area contributed by atoms with E-state index in [2.05, 4.69) is 23.3 Å². The molecule has 0 unspecified atom stereocenters. The van der Waals surface area contributed by atoms with Crippen LogP contribution in [0.2, 0.25) is 0 Å². The number of hydrogen-bond acceptors (Lipinski definition) is 5. The number of fused-ring (bicyclic) bond motifs is 1. The summed E-state index contributed by atoms with van der Waals surface area (Å²) >= 11 is 0. The molecule has 1 aliphatic carbocycles. The Morgan fingerprint density at radius 2 is 1.97 bits per heavy atom. The Morgan fingerprint density at radius 1 is 1.21 bits per heavy atom. The molecule has 7 heteroatoms. The number of nitrogen functional groups attached to an aromatic ring is 1. The third-order valence-corrected chi connectivity index (χ3v) is 6.45. The van der Waals surface area contributed by atoms with Crippen molar-refractivity contribution in [2.45, 2.75) is 51.7 Å². The topological polar surface area (TPSA) is 96.7 Å². The van der Waals surface area contributed by atoms with E-state index in [-0.39, 0.29) is 24.0 Å². The number of nitrogens with zero attached hydrogens (tertiary/aromatic N) is 1. The smallest absolute Gasteiger partial charge is 0.255 e. The fourth-order valence-electron chi connectivity index (χ4n) is 4.77. The summed E-state index contributed by atoms with van der Waals surface area (Å²) in [5, 5.41) is 6.36. The van der Waals surface area contributed by atoms with Crippen LogP contribution in [0.3, 0.4) is 0 Å². The lowest BCUT2D eigenvalue weighted by molar-refractivity contribution is -0.129. The van der Waals surface area contributed by atoms with Crippen LogP contribution in [-0.4, -0.2) is 42.5 Å². The van der Waals surface area contributed by atoms with Crippen molar-refractivity contribution in [1.29, 1.82) is 0 Å². The molecule has 2 aromatic rings. The van der Waals surface area contributed by atoms with Crippen molar-refractivity contribution in [3.63, 3.8) is 0 Å². The molecule has 0 spiro atoms. The Morgan fingerprint density at radius 3 is 2.68 bits per heavy atom. The van der Waals surface area contributed by atoms with E-state index in [9.17, 15) is 9.59 Å². The second-order valence-corrected chi connectivity index (χ2v) is 9.29.